The number of hydrogen-bond acceptors (Lipinski definition) is 2. The SMILES string of the molecule is Cc1cncc(CN(CCCl)C(C)C)c1. The van der Waals surface area contributed by atoms with Crippen LogP contribution in [0.25, 0.3) is 0 Å². The van der Waals surface area contributed by atoms with E-state index in [1.165, 1.54) is 11.1 Å². The Kier molecular flexibility index (Phi) is 5.06. The second kappa shape index (κ2) is 6.09. The molecule has 0 bridgehead atoms. The minimum absolute atomic E-state index is 0.518. The lowest BCUT2D eigenvalue weighted by atomic mass is 10.2. The van der Waals surface area contributed by atoms with Crippen molar-refractivity contribution in [2.24, 2.45) is 0 Å². The van der Waals surface area contributed by atoms with E-state index < -0.39 is 0 Å². The smallest absolute Gasteiger partial charge is 0.0351 e. The van der Waals surface area contributed by atoms with E-state index in [1.807, 2.05) is 12.4 Å². The van der Waals surface area contributed by atoms with Crippen LogP contribution >= 0.6 is 11.6 Å². The fraction of sp³-hybridized carbons (Fsp3) is 0.583. The second-order valence-corrected chi connectivity index (χ2v) is 4.50. The minimum Gasteiger partial charge on any atom is -0.295 e. The first-order chi connectivity index (χ1) is 7.13. The average Bonchev–Trinajstić information content (AvgIpc) is 2.17. The lowest BCUT2D eigenvalue weighted by molar-refractivity contribution is 0.226. The Hall–Kier alpha value is -0.600. The molecule has 0 fully saturated rings. The molecule has 0 atom stereocenters. The average molecular weight is 227 g/mol. The third kappa shape index (κ3) is 4.18. The summed E-state index contributed by atoms with van der Waals surface area (Å²) in [6, 6.07) is 2.70. The van der Waals surface area contributed by atoms with Gasteiger partial charge in [-0.05, 0) is 31.9 Å². The van der Waals surface area contributed by atoms with Gasteiger partial charge < -0.3 is 0 Å². The van der Waals surface area contributed by atoms with Gasteiger partial charge in [0.05, 0.1) is 0 Å². The van der Waals surface area contributed by atoms with Gasteiger partial charge in [0, 0.05) is 37.4 Å². The first-order valence-corrected chi connectivity index (χ1v) is 5.87. The molecule has 0 aliphatic rings. The highest BCUT2D eigenvalue weighted by atomic mass is 35.5. The van der Waals surface area contributed by atoms with Crippen LogP contribution in [0.4, 0.5) is 0 Å². The second-order valence-electron chi connectivity index (χ2n) is 4.12. The van der Waals surface area contributed by atoms with Crippen LogP contribution in [0.5, 0.6) is 0 Å². The number of aromatic nitrogens is 1. The van der Waals surface area contributed by atoms with E-state index in [4.69, 9.17) is 11.6 Å². The van der Waals surface area contributed by atoms with Crippen molar-refractivity contribution >= 4 is 11.6 Å². The maximum absolute atomic E-state index is 5.78. The Morgan fingerprint density at radius 3 is 2.67 bits per heavy atom. The fourth-order valence-corrected chi connectivity index (χ4v) is 1.78. The molecule has 0 radical (unpaired) electrons. The standard InChI is InChI=1S/C12H19ClN2/c1-10(2)15(5-4-13)9-12-6-11(3)7-14-8-12/h6-8,10H,4-5,9H2,1-3H3. The van der Waals surface area contributed by atoms with E-state index in [9.17, 15) is 0 Å². The number of aryl methyl sites for hydroxylation is 1. The molecule has 15 heavy (non-hydrogen) atoms. The van der Waals surface area contributed by atoms with Crippen LogP contribution in [-0.2, 0) is 6.54 Å². The Labute approximate surface area is 97.3 Å². The minimum atomic E-state index is 0.518. The van der Waals surface area contributed by atoms with Crippen LogP contribution in [-0.4, -0.2) is 28.4 Å². The Morgan fingerprint density at radius 1 is 1.40 bits per heavy atom. The molecule has 1 aromatic heterocycles. The lowest BCUT2D eigenvalue weighted by Crippen LogP contribution is -2.32. The van der Waals surface area contributed by atoms with Gasteiger partial charge in [0.25, 0.3) is 0 Å². The summed E-state index contributed by atoms with van der Waals surface area (Å²) in [5.74, 6) is 0.678. The van der Waals surface area contributed by atoms with Crippen LogP contribution in [0.3, 0.4) is 0 Å². The summed E-state index contributed by atoms with van der Waals surface area (Å²) in [6.45, 7) is 8.30. The molecule has 2 nitrogen and oxygen atoms in total. The largest absolute Gasteiger partial charge is 0.295 e. The molecule has 0 N–H and O–H groups in total. The predicted molar refractivity (Wildman–Crippen MR) is 65.2 cm³/mol. The molecule has 0 aliphatic carbocycles. The molecule has 84 valence electrons. The van der Waals surface area contributed by atoms with Gasteiger partial charge in [-0.3, -0.25) is 9.88 Å². The van der Waals surface area contributed by atoms with Gasteiger partial charge in [-0.2, -0.15) is 0 Å². The summed E-state index contributed by atoms with van der Waals surface area (Å²) in [6.07, 6.45) is 3.81. The highest BCUT2D eigenvalue weighted by molar-refractivity contribution is 6.18. The van der Waals surface area contributed by atoms with Crippen molar-refractivity contribution < 1.29 is 0 Å². The topological polar surface area (TPSA) is 16.1 Å². The molecule has 1 aromatic rings. The van der Waals surface area contributed by atoms with Crippen LogP contribution in [0, 0.1) is 6.92 Å². The summed E-state index contributed by atoms with van der Waals surface area (Å²) in [5.41, 5.74) is 2.47. The van der Waals surface area contributed by atoms with Gasteiger partial charge >= 0.3 is 0 Å². The van der Waals surface area contributed by atoms with Crippen molar-refractivity contribution in [3.05, 3.63) is 29.6 Å². The third-order valence-electron chi connectivity index (χ3n) is 2.42. The molecule has 3 heteroatoms. The van der Waals surface area contributed by atoms with Crippen molar-refractivity contribution in [1.82, 2.24) is 9.88 Å². The highest BCUT2D eigenvalue weighted by Crippen LogP contribution is 2.08. The van der Waals surface area contributed by atoms with E-state index in [0.717, 1.165) is 13.1 Å². The quantitative estimate of drug-likeness (QED) is 0.718. The maximum Gasteiger partial charge on any atom is 0.0351 e. The van der Waals surface area contributed by atoms with E-state index in [1.54, 1.807) is 0 Å². The molecule has 0 amide bonds. The predicted octanol–water partition coefficient (Wildman–Crippen LogP) is 2.84. The normalized spacial score (nSPS) is 11.3. The van der Waals surface area contributed by atoms with Gasteiger partial charge in [-0.15, -0.1) is 11.6 Å². The van der Waals surface area contributed by atoms with Crippen molar-refractivity contribution in [3.8, 4) is 0 Å². The van der Waals surface area contributed by atoms with Gasteiger partial charge in [0.15, 0.2) is 0 Å². The Bertz CT molecular complexity index is 299. The number of rotatable bonds is 5. The van der Waals surface area contributed by atoms with Crippen molar-refractivity contribution in [1.29, 1.82) is 0 Å². The molecule has 1 heterocycles. The molecule has 0 saturated heterocycles. The summed E-state index contributed by atoms with van der Waals surface area (Å²) in [7, 11) is 0. The fourth-order valence-electron chi connectivity index (χ4n) is 1.57. The van der Waals surface area contributed by atoms with E-state index in [-0.39, 0.29) is 0 Å². The summed E-state index contributed by atoms with van der Waals surface area (Å²) in [4.78, 5) is 6.55. The number of alkyl halides is 1. The van der Waals surface area contributed by atoms with Crippen LogP contribution in [0.2, 0.25) is 0 Å². The van der Waals surface area contributed by atoms with Crippen LogP contribution in [0.1, 0.15) is 25.0 Å². The van der Waals surface area contributed by atoms with Crippen LogP contribution < -0.4 is 0 Å². The highest BCUT2D eigenvalue weighted by Gasteiger charge is 2.09. The number of nitrogens with zero attached hydrogens (tertiary/aromatic N) is 2. The summed E-state index contributed by atoms with van der Waals surface area (Å²) in [5, 5.41) is 0. The zero-order chi connectivity index (χ0) is 11.3. The van der Waals surface area contributed by atoms with Crippen LogP contribution in [0.15, 0.2) is 18.5 Å². The number of pyridine rings is 1. The summed E-state index contributed by atoms with van der Waals surface area (Å²) >= 11 is 5.78. The number of halogens is 1. The first kappa shape index (κ1) is 12.5. The molecule has 1 rings (SSSR count). The molecule has 0 aromatic carbocycles. The molecular weight excluding hydrogens is 208 g/mol. The maximum atomic E-state index is 5.78. The zero-order valence-corrected chi connectivity index (χ0v) is 10.5. The number of hydrogen-bond donors (Lipinski definition) is 0. The van der Waals surface area contributed by atoms with Crippen molar-refractivity contribution in [3.63, 3.8) is 0 Å². The first-order valence-electron chi connectivity index (χ1n) is 5.34. The molecule has 0 saturated carbocycles. The van der Waals surface area contributed by atoms with E-state index >= 15 is 0 Å². The van der Waals surface area contributed by atoms with E-state index in [0.29, 0.717) is 11.9 Å². The summed E-state index contributed by atoms with van der Waals surface area (Å²) < 4.78 is 0. The molecule has 0 aliphatic heterocycles. The molecule has 0 unspecified atom stereocenters. The third-order valence-corrected chi connectivity index (χ3v) is 2.59. The Morgan fingerprint density at radius 2 is 2.13 bits per heavy atom. The van der Waals surface area contributed by atoms with Gasteiger partial charge in [-0.1, -0.05) is 6.07 Å². The van der Waals surface area contributed by atoms with Gasteiger partial charge in [0.1, 0.15) is 0 Å². The van der Waals surface area contributed by atoms with Gasteiger partial charge in [0.2, 0.25) is 0 Å². The van der Waals surface area contributed by atoms with Crippen molar-refractivity contribution in [2.75, 3.05) is 12.4 Å². The zero-order valence-electron chi connectivity index (χ0n) is 9.70. The lowest BCUT2D eigenvalue weighted by Gasteiger charge is -2.25. The van der Waals surface area contributed by atoms with E-state index in [2.05, 4.69) is 36.7 Å². The molecular formula is C12H19ClN2. The van der Waals surface area contributed by atoms with Crippen molar-refractivity contribution in [2.45, 2.75) is 33.4 Å². The molecule has 0 spiro atoms. The Balaban J connectivity index is 2.65. The monoisotopic (exact) mass is 226 g/mol. The van der Waals surface area contributed by atoms with Gasteiger partial charge in [-0.25, -0.2) is 0 Å².